The maximum Gasteiger partial charge on any atom is 0.290 e. The number of fused-ring (bicyclic) bond motifs is 1. The molecule has 1 saturated heterocycles. The number of rotatable bonds is 9. The number of ether oxygens (including phenoxy) is 3. The molecule has 1 unspecified atom stereocenters. The maximum atomic E-state index is 13.8. The number of aliphatic hydroxyl groups is 1. The third kappa shape index (κ3) is 4.87. The standard InChI is InChI=1S/C29H32N2O7/c1-18-5-7-21-20(15-18)17-24(38-21)27(32)25-26(19-6-8-22(35-2)23(16-19)36-3)31(29(34)28(25)33)10-4-9-30-11-13-37-14-12-30/h5-8,15-17,26,33H,4,9-14H2,1-3H3. The largest absolute Gasteiger partial charge is 0.503 e. The summed E-state index contributed by atoms with van der Waals surface area (Å²) in [6, 6.07) is 11.7. The van der Waals surface area contributed by atoms with Gasteiger partial charge in [-0.05, 0) is 49.2 Å². The van der Waals surface area contributed by atoms with Crippen LogP contribution in [0.3, 0.4) is 0 Å². The van der Waals surface area contributed by atoms with Crippen molar-refractivity contribution in [1.82, 2.24) is 9.80 Å². The van der Waals surface area contributed by atoms with E-state index >= 15 is 0 Å². The molecule has 9 nitrogen and oxygen atoms in total. The summed E-state index contributed by atoms with van der Waals surface area (Å²) in [6.45, 7) is 6.15. The third-order valence-corrected chi connectivity index (χ3v) is 7.14. The highest BCUT2D eigenvalue weighted by atomic mass is 16.5. The lowest BCUT2D eigenvalue weighted by Gasteiger charge is -2.30. The number of benzene rings is 2. The number of carbonyl (C=O) groups is 2. The molecule has 2 aliphatic rings. The molecule has 3 aromatic rings. The van der Waals surface area contributed by atoms with Crippen molar-refractivity contribution in [1.29, 1.82) is 0 Å². The normalized spacial score (nSPS) is 18.4. The molecule has 1 aromatic heterocycles. The third-order valence-electron chi connectivity index (χ3n) is 7.14. The van der Waals surface area contributed by atoms with Crippen LogP contribution in [0.25, 0.3) is 11.0 Å². The SMILES string of the molecule is COc1ccc(C2C(C(=O)c3cc4cc(C)ccc4o3)=C(O)C(=O)N2CCCN2CCOCC2)cc1OC. The lowest BCUT2D eigenvalue weighted by molar-refractivity contribution is -0.129. The molecule has 0 radical (unpaired) electrons. The zero-order valence-electron chi connectivity index (χ0n) is 21.9. The summed E-state index contributed by atoms with van der Waals surface area (Å²) in [7, 11) is 3.07. The van der Waals surface area contributed by atoms with Crippen molar-refractivity contribution in [2.45, 2.75) is 19.4 Å². The van der Waals surface area contributed by atoms with Crippen LogP contribution >= 0.6 is 0 Å². The van der Waals surface area contributed by atoms with E-state index in [1.807, 2.05) is 19.1 Å². The van der Waals surface area contributed by atoms with E-state index in [2.05, 4.69) is 4.90 Å². The van der Waals surface area contributed by atoms with Crippen LogP contribution in [0.15, 0.2) is 58.2 Å². The van der Waals surface area contributed by atoms with Crippen LogP contribution < -0.4 is 9.47 Å². The van der Waals surface area contributed by atoms with Gasteiger partial charge in [0, 0.05) is 31.6 Å². The number of aliphatic hydroxyl groups excluding tert-OH is 1. The van der Waals surface area contributed by atoms with Crippen molar-refractivity contribution in [3.05, 3.63) is 70.7 Å². The number of aryl methyl sites for hydroxylation is 1. The van der Waals surface area contributed by atoms with Gasteiger partial charge in [-0.15, -0.1) is 0 Å². The van der Waals surface area contributed by atoms with E-state index in [0.717, 1.165) is 30.6 Å². The number of methoxy groups -OCH3 is 2. The average Bonchev–Trinajstić information content (AvgIpc) is 3.47. The predicted molar refractivity (Wildman–Crippen MR) is 141 cm³/mol. The second-order valence-corrected chi connectivity index (χ2v) is 9.57. The van der Waals surface area contributed by atoms with Crippen LogP contribution in [0.4, 0.5) is 0 Å². The van der Waals surface area contributed by atoms with E-state index < -0.39 is 23.5 Å². The van der Waals surface area contributed by atoms with E-state index in [1.165, 1.54) is 7.11 Å². The fourth-order valence-electron chi connectivity index (χ4n) is 5.18. The van der Waals surface area contributed by atoms with Crippen LogP contribution in [-0.4, -0.2) is 80.2 Å². The summed E-state index contributed by atoms with van der Waals surface area (Å²) >= 11 is 0. The van der Waals surface area contributed by atoms with E-state index in [4.69, 9.17) is 18.6 Å². The Kier molecular flexibility index (Phi) is 7.40. The van der Waals surface area contributed by atoms with Gasteiger partial charge in [0.25, 0.3) is 5.91 Å². The molecular formula is C29H32N2O7. The molecule has 0 saturated carbocycles. The van der Waals surface area contributed by atoms with E-state index in [-0.39, 0.29) is 11.3 Å². The molecule has 1 fully saturated rings. The molecule has 0 spiro atoms. The molecule has 2 aliphatic heterocycles. The van der Waals surface area contributed by atoms with Crippen molar-refractivity contribution >= 4 is 22.7 Å². The van der Waals surface area contributed by atoms with Crippen LogP contribution in [0, 0.1) is 6.92 Å². The summed E-state index contributed by atoms with van der Waals surface area (Å²) in [6.07, 6.45) is 0.675. The van der Waals surface area contributed by atoms with Crippen molar-refractivity contribution in [3.8, 4) is 11.5 Å². The molecule has 1 N–H and O–H groups in total. The molecule has 1 atom stereocenters. The molecule has 9 heteroatoms. The summed E-state index contributed by atoms with van der Waals surface area (Å²) < 4.78 is 22.1. The number of morpholine rings is 1. The van der Waals surface area contributed by atoms with Crippen LogP contribution in [-0.2, 0) is 9.53 Å². The minimum atomic E-state index is -0.811. The van der Waals surface area contributed by atoms with Gasteiger partial charge in [0.1, 0.15) is 5.58 Å². The summed E-state index contributed by atoms with van der Waals surface area (Å²) in [4.78, 5) is 31.0. The summed E-state index contributed by atoms with van der Waals surface area (Å²) in [5.41, 5.74) is 2.21. The summed E-state index contributed by atoms with van der Waals surface area (Å²) in [5, 5.41) is 11.8. The van der Waals surface area contributed by atoms with E-state index in [9.17, 15) is 14.7 Å². The first-order chi connectivity index (χ1) is 18.4. The predicted octanol–water partition coefficient (Wildman–Crippen LogP) is 4.06. The molecule has 3 heterocycles. The fraction of sp³-hybridized carbons (Fsp3) is 0.379. The highest BCUT2D eigenvalue weighted by molar-refractivity contribution is 6.16. The first-order valence-electron chi connectivity index (χ1n) is 12.7. The number of Topliss-reactive ketones (excluding diaryl/α,β-unsaturated/α-hetero) is 1. The van der Waals surface area contributed by atoms with Crippen molar-refractivity contribution in [2.75, 3.05) is 53.6 Å². The molecule has 1 amide bonds. The molecule has 5 rings (SSSR count). The smallest absolute Gasteiger partial charge is 0.290 e. The van der Waals surface area contributed by atoms with Gasteiger partial charge < -0.3 is 28.6 Å². The van der Waals surface area contributed by atoms with Gasteiger partial charge in [0.2, 0.25) is 5.78 Å². The summed E-state index contributed by atoms with van der Waals surface area (Å²) in [5.74, 6) is -0.614. The van der Waals surface area contributed by atoms with Gasteiger partial charge in [-0.3, -0.25) is 14.5 Å². The number of carbonyl (C=O) groups excluding carboxylic acids is 2. The monoisotopic (exact) mass is 520 g/mol. The molecule has 200 valence electrons. The van der Waals surface area contributed by atoms with E-state index in [1.54, 1.807) is 42.3 Å². The van der Waals surface area contributed by atoms with Crippen LogP contribution in [0.2, 0.25) is 0 Å². The van der Waals surface area contributed by atoms with Crippen LogP contribution in [0.1, 0.15) is 34.1 Å². The van der Waals surface area contributed by atoms with Crippen LogP contribution in [0.5, 0.6) is 11.5 Å². The Balaban J connectivity index is 1.50. The second kappa shape index (κ2) is 10.9. The number of furan rings is 1. The highest BCUT2D eigenvalue weighted by Gasteiger charge is 2.44. The van der Waals surface area contributed by atoms with Crippen molar-refractivity contribution in [3.63, 3.8) is 0 Å². The minimum Gasteiger partial charge on any atom is -0.503 e. The van der Waals surface area contributed by atoms with Crippen molar-refractivity contribution in [2.24, 2.45) is 0 Å². The van der Waals surface area contributed by atoms with Gasteiger partial charge in [-0.2, -0.15) is 0 Å². The molecule has 0 bridgehead atoms. The zero-order chi connectivity index (χ0) is 26.8. The lowest BCUT2D eigenvalue weighted by Crippen LogP contribution is -2.39. The Hall–Kier alpha value is -3.82. The zero-order valence-corrected chi connectivity index (χ0v) is 21.9. The van der Waals surface area contributed by atoms with Crippen molar-refractivity contribution < 1.29 is 33.3 Å². The molecule has 2 aromatic carbocycles. The lowest BCUT2D eigenvalue weighted by atomic mass is 9.94. The quantitative estimate of drug-likeness (QED) is 0.422. The van der Waals surface area contributed by atoms with Gasteiger partial charge >= 0.3 is 0 Å². The topological polar surface area (TPSA) is 102 Å². The van der Waals surface area contributed by atoms with Gasteiger partial charge in [0.05, 0.1) is 39.0 Å². The van der Waals surface area contributed by atoms with E-state index in [0.29, 0.717) is 48.8 Å². The number of amides is 1. The second-order valence-electron chi connectivity index (χ2n) is 9.57. The fourth-order valence-corrected chi connectivity index (χ4v) is 5.18. The maximum absolute atomic E-state index is 13.8. The highest BCUT2D eigenvalue weighted by Crippen LogP contribution is 2.42. The van der Waals surface area contributed by atoms with Gasteiger partial charge in [0.15, 0.2) is 23.0 Å². The number of ketones is 1. The Morgan fingerprint density at radius 3 is 2.53 bits per heavy atom. The molecule has 0 aliphatic carbocycles. The Bertz CT molecular complexity index is 1390. The van der Waals surface area contributed by atoms with Gasteiger partial charge in [-0.1, -0.05) is 17.7 Å². The average molecular weight is 521 g/mol. The first kappa shape index (κ1) is 25.8. The number of hydrogen-bond donors (Lipinski definition) is 1. The number of hydrogen-bond acceptors (Lipinski definition) is 8. The molecule has 38 heavy (non-hydrogen) atoms. The Morgan fingerprint density at radius 2 is 1.79 bits per heavy atom. The Labute approximate surface area is 221 Å². The van der Waals surface area contributed by atoms with Gasteiger partial charge in [-0.25, -0.2) is 0 Å². The number of nitrogens with zero attached hydrogens (tertiary/aromatic N) is 2. The minimum absolute atomic E-state index is 0.00984. The Morgan fingerprint density at radius 1 is 1.03 bits per heavy atom. The molecular weight excluding hydrogens is 488 g/mol. The first-order valence-corrected chi connectivity index (χ1v) is 12.7.